The van der Waals surface area contributed by atoms with Gasteiger partial charge in [-0.1, -0.05) is 12.1 Å². The van der Waals surface area contributed by atoms with E-state index in [0.717, 1.165) is 5.69 Å². The Morgan fingerprint density at radius 3 is 2.10 bits per heavy atom. The third-order valence-corrected chi connectivity index (χ3v) is 4.95. The number of hydrogen-bond donors (Lipinski definition) is 1. The lowest BCUT2D eigenvalue weighted by molar-refractivity contribution is -0.120. The molecule has 0 atom stereocenters. The number of ether oxygens (including phenoxy) is 1. The summed E-state index contributed by atoms with van der Waals surface area (Å²) in [5.41, 5.74) is 2.69. The highest BCUT2D eigenvalue weighted by molar-refractivity contribution is 6.45. The van der Waals surface area contributed by atoms with Crippen LogP contribution in [0.4, 0.5) is 11.4 Å². The highest BCUT2D eigenvalue weighted by Gasteiger charge is 2.41. The number of anilines is 2. The molecule has 158 valence electrons. The maximum atomic E-state index is 13.4. The van der Waals surface area contributed by atoms with Gasteiger partial charge in [-0.3, -0.25) is 9.59 Å². The molecule has 2 aromatic rings. The van der Waals surface area contributed by atoms with Crippen LogP contribution in [0.15, 0.2) is 54.2 Å². The van der Waals surface area contributed by atoms with E-state index in [2.05, 4.69) is 0 Å². The van der Waals surface area contributed by atoms with Crippen molar-refractivity contribution in [3.8, 4) is 5.75 Å². The summed E-state index contributed by atoms with van der Waals surface area (Å²) in [7, 11) is 5.55. The molecule has 0 saturated heterocycles. The van der Waals surface area contributed by atoms with E-state index in [1.807, 2.05) is 38.1 Å². The summed E-state index contributed by atoms with van der Waals surface area (Å²) in [6, 6.07) is 14.4. The minimum atomic E-state index is -0.405. The SMILES string of the molecule is CCOc1ccc(C2=C(N(C)CCO)C(=O)N(c3ccc(N(C)C)cc3)C2=O)cc1. The van der Waals surface area contributed by atoms with E-state index in [0.29, 0.717) is 29.2 Å². The fourth-order valence-corrected chi connectivity index (χ4v) is 3.41. The molecule has 30 heavy (non-hydrogen) atoms. The first-order valence-electron chi connectivity index (χ1n) is 9.84. The van der Waals surface area contributed by atoms with Gasteiger partial charge in [0, 0.05) is 33.4 Å². The molecule has 7 heteroatoms. The molecule has 1 N–H and O–H groups in total. The normalized spacial score (nSPS) is 13.8. The van der Waals surface area contributed by atoms with Crippen molar-refractivity contribution < 1.29 is 19.4 Å². The van der Waals surface area contributed by atoms with Crippen LogP contribution in [0.25, 0.3) is 5.57 Å². The van der Waals surface area contributed by atoms with E-state index in [1.54, 1.807) is 48.3 Å². The molecule has 2 aromatic carbocycles. The van der Waals surface area contributed by atoms with Crippen LogP contribution in [-0.2, 0) is 9.59 Å². The molecule has 0 saturated carbocycles. The third-order valence-electron chi connectivity index (χ3n) is 4.95. The van der Waals surface area contributed by atoms with E-state index < -0.39 is 5.91 Å². The topological polar surface area (TPSA) is 73.3 Å². The standard InChI is InChI=1S/C23H27N3O4/c1-5-30-19-12-6-16(7-13-19)20-21(25(4)14-15-27)23(29)26(22(20)28)18-10-8-17(9-11-18)24(2)3/h6-13,27H,5,14-15H2,1-4H3. The Hall–Kier alpha value is -3.32. The summed E-state index contributed by atoms with van der Waals surface area (Å²) in [5.74, 6) is -0.0981. The highest BCUT2D eigenvalue weighted by atomic mass is 16.5. The van der Waals surface area contributed by atoms with Gasteiger partial charge in [0.1, 0.15) is 11.4 Å². The van der Waals surface area contributed by atoms with Crippen molar-refractivity contribution in [1.29, 1.82) is 0 Å². The van der Waals surface area contributed by atoms with Gasteiger partial charge in [0.15, 0.2) is 0 Å². The predicted octanol–water partition coefficient (Wildman–Crippen LogP) is 2.36. The fourth-order valence-electron chi connectivity index (χ4n) is 3.41. The van der Waals surface area contributed by atoms with Gasteiger partial charge in [-0.05, 0) is 48.9 Å². The average molecular weight is 409 g/mol. The second-order valence-corrected chi connectivity index (χ2v) is 7.18. The number of aliphatic hydroxyl groups is 1. The first kappa shape index (κ1) is 21.4. The first-order valence-corrected chi connectivity index (χ1v) is 9.84. The summed E-state index contributed by atoms with van der Waals surface area (Å²) < 4.78 is 5.48. The van der Waals surface area contributed by atoms with Crippen molar-refractivity contribution in [1.82, 2.24) is 4.90 Å². The van der Waals surface area contributed by atoms with Crippen LogP contribution in [0.5, 0.6) is 5.75 Å². The van der Waals surface area contributed by atoms with Gasteiger partial charge in [-0.2, -0.15) is 0 Å². The molecule has 3 rings (SSSR count). The molecule has 0 unspecified atom stereocenters. The quantitative estimate of drug-likeness (QED) is 0.675. The Balaban J connectivity index is 2.04. The lowest BCUT2D eigenvalue weighted by atomic mass is 10.0. The Labute approximate surface area is 176 Å². The smallest absolute Gasteiger partial charge is 0.282 e. The number of imide groups is 1. The highest BCUT2D eigenvalue weighted by Crippen LogP contribution is 2.35. The molecule has 1 aliphatic rings. The molecule has 2 amide bonds. The second kappa shape index (κ2) is 9.00. The van der Waals surface area contributed by atoms with Gasteiger partial charge in [-0.15, -0.1) is 0 Å². The van der Waals surface area contributed by atoms with Crippen LogP contribution in [0.1, 0.15) is 12.5 Å². The number of aliphatic hydroxyl groups excluding tert-OH is 1. The summed E-state index contributed by atoms with van der Waals surface area (Å²) in [4.78, 5) is 31.4. The zero-order valence-electron chi connectivity index (χ0n) is 17.8. The molecule has 0 spiro atoms. The number of carbonyl (C=O) groups excluding carboxylic acids is 2. The number of carbonyl (C=O) groups is 2. The van der Waals surface area contributed by atoms with Gasteiger partial charge in [0.05, 0.1) is 24.5 Å². The van der Waals surface area contributed by atoms with Crippen molar-refractivity contribution in [2.24, 2.45) is 0 Å². The van der Waals surface area contributed by atoms with E-state index in [-0.39, 0.29) is 24.8 Å². The van der Waals surface area contributed by atoms with Gasteiger partial charge in [0.25, 0.3) is 11.8 Å². The molecule has 0 aromatic heterocycles. The minimum absolute atomic E-state index is 0.129. The molecule has 0 bridgehead atoms. The second-order valence-electron chi connectivity index (χ2n) is 7.18. The maximum absolute atomic E-state index is 13.4. The van der Waals surface area contributed by atoms with Crippen LogP contribution in [-0.4, -0.2) is 62.7 Å². The summed E-state index contributed by atoms with van der Waals surface area (Å²) >= 11 is 0. The van der Waals surface area contributed by atoms with Crippen LogP contribution >= 0.6 is 0 Å². The Bertz CT molecular complexity index is 949. The van der Waals surface area contributed by atoms with Gasteiger partial charge in [-0.25, -0.2) is 4.90 Å². The van der Waals surface area contributed by atoms with E-state index in [4.69, 9.17) is 4.74 Å². The zero-order valence-corrected chi connectivity index (χ0v) is 17.8. The summed E-state index contributed by atoms with van der Waals surface area (Å²) in [6.07, 6.45) is 0. The van der Waals surface area contributed by atoms with Crippen molar-refractivity contribution in [3.05, 3.63) is 59.8 Å². The molecular formula is C23H27N3O4. The molecule has 0 aliphatic carbocycles. The van der Waals surface area contributed by atoms with Crippen molar-refractivity contribution in [3.63, 3.8) is 0 Å². The first-order chi connectivity index (χ1) is 14.4. The lowest BCUT2D eigenvalue weighted by Crippen LogP contribution is -2.34. The number of rotatable bonds is 8. The largest absolute Gasteiger partial charge is 0.494 e. The van der Waals surface area contributed by atoms with Crippen molar-refractivity contribution in [2.75, 3.05) is 50.7 Å². The number of benzene rings is 2. The van der Waals surface area contributed by atoms with Crippen LogP contribution in [0.3, 0.4) is 0 Å². The van der Waals surface area contributed by atoms with Crippen molar-refractivity contribution in [2.45, 2.75) is 6.92 Å². The number of amides is 2. The minimum Gasteiger partial charge on any atom is -0.494 e. The van der Waals surface area contributed by atoms with E-state index in [9.17, 15) is 14.7 Å². The molecule has 0 fully saturated rings. The van der Waals surface area contributed by atoms with Crippen LogP contribution in [0.2, 0.25) is 0 Å². The molecule has 7 nitrogen and oxygen atoms in total. The van der Waals surface area contributed by atoms with Crippen LogP contribution in [0, 0.1) is 0 Å². The Kier molecular flexibility index (Phi) is 6.42. The van der Waals surface area contributed by atoms with Crippen LogP contribution < -0.4 is 14.5 Å². The Morgan fingerprint density at radius 2 is 1.57 bits per heavy atom. The lowest BCUT2D eigenvalue weighted by Gasteiger charge is -2.21. The van der Waals surface area contributed by atoms with Gasteiger partial charge in [0.2, 0.25) is 0 Å². The monoisotopic (exact) mass is 409 g/mol. The van der Waals surface area contributed by atoms with Gasteiger partial charge >= 0.3 is 0 Å². The number of nitrogens with zero attached hydrogens (tertiary/aromatic N) is 3. The Morgan fingerprint density at radius 1 is 0.933 bits per heavy atom. The van der Waals surface area contributed by atoms with E-state index >= 15 is 0 Å². The van der Waals surface area contributed by atoms with E-state index in [1.165, 1.54) is 4.90 Å². The predicted molar refractivity (Wildman–Crippen MR) is 118 cm³/mol. The third kappa shape index (κ3) is 4.02. The summed E-state index contributed by atoms with van der Waals surface area (Å²) in [5, 5.41) is 9.37. The fraction of sp³-hybridized carbons (Fsp3) is 0.304. The average Bonchev–Trinajstić information content (AvgIpc) is 2.99. The number of hydrogen-bond acceptors (Lipinski definition) is 6. The van der Waals surface area contributed by atoms with Gasteiger partial charge < -0.3 is 19.6 Å². The van der Waals surface area contributed by atoms with Crippen molar-refractivity contribution >= 4 is 28.8 Å². The summed E-state index contributed by atoms with van der Waals surface area (Å²) in [6.45, 7) is 2.55. The maximum Gasteiger partial charge on any atom is 0.282 e. The zero-order chi connectivity index (χ0) is 21.8. The molecule has 1 aliphatic heterocycles. The molecular weight excluding hydrogens is 382 g/mol. The molecule has 0 radical (unpaired) electrons. The number of likely N-dealkylation sites (N-methyl/N-ethyl adjacent to an activating group) is 1. The molecule has 1 heterocycles.